The molecule has 0 aromatic heterocycles. The molecule has 1 aliphatic carbocycles. The van der Waals surface area contributed by atoms with E-state index in [0.717, 1.165) is 26.2 Å². The summed E-state index contributed by atoms with van der Waals surface area (Å²) >= 11 is 0. The number of anilines is 1. The largest absolute Gasteiger partial charge is 0.368 e. The van der Waals surface area contributed by atoms with Crippen LogP contribution in [0.4, 0.5) is 5.69 Å². The van der Waals surface area contributed by atoms with Crippen LogP contribution < -0.4 is 9.80 Å². The molecule has 1 heterocycles. The molecule has 2 atom stereocenters. The van der Waals surface area contributed by atoms with Crippen molar-refractivity contribution in [1.82, 2.24) is 4.90 Å². The van der Waals surface area contributed by atoms with Gasteiger partial charge in [0.2, 0.25) is 0 Å². The number of carbonyl (C=O) groups is 1. The molecule has 4 heteroatoms. The number of hydrogen-bond acceptors (Lipinski definition) is 2. The summed E-state index contributed by atoms with van der Waals surface area (Å²) in [5.41, 5.74) is 6.92. The fourth-order valence-corrected chi connectivity index (χ4v) is 5.01. The first kappa shape index (κ1) is 20.0. The molecule has 0 spiro atoms. The molecule has 2 aromatic rings. The maximum atomic E-state index is 13.0. The van der Waals surface area contributed by atoms with E-state index in [1.165, 1.54) is 52.1 Å². The van der Waals surface area contributed by atoms with Crippen LogP contribution in [0.15, 0.2) is 42.5 Å². The molecule has 154 valence electrons. The summed E-state index contributed by atoms with van der Waals surface area (Å²) < 4.78 is 0. The Bertz CT molecular complexity index is 870. The first-order chi connectivity index (χ1) is 14.0. The molecule has 4 nitrogen and oxygen atoms in total. The van der Waals surface area contributed by atoms with Crippen LogP contribution in [0.5, 0.6) is 0 Å². The van der Waals surface area contributed by atoms with E-state index in [-0.39, 0.29) is 0 Å². The third-order valence-corrected chi connectivity index (χ3v) is 6.94. The van der Waals surface area contributed by atoms with Gasteiger partial charge in [0, 0.05) is 43.9 Å². The van der Waals surface area contributed by atoms with Gasteiger partial charge in [-0.25, -0.2) is 0 Å². The molecule has 1 amide bonds. The fourth-order valence-electron chi connectivity index (χ4n) is 5.01. The van der Waals surface area contributed by atoms with Gasteiger partial charge in [-0.05, 0) is 49.4 Å². The van der Waals surface area contributed by atoms with E-state index in [2.05, 4.69) is 73.2 Å². The van der Waals surface area contributed by atoms with E-state index in [4.69, 9.17) is 0 Å². The summed E-state index contributed by atoms with van der Waals surface area (Å²) in [5.74, 6) is 0.297. The molecule has 1 fully saturated rings. The average Bonchev–Trinajstić information content (AvgIpc) is 2.75. The predicted octanol–water partition coefficient (Wildman–Crippen LogP) is 2.54. The van der Waals surface area contributed by atoms with Gasteiger partial charge in [0.1, 0.15) is 6.04 Å². The number of likely N-dealkylation sites (N-methyl/N-ethyl adjacent to an activating group) is 1. The first-order valence-electron chi connectivity index (χ1n) is 11.0. The number of quaternary nitrogens is 1. The summed E-state index contributed by atoms with van der Waals surface area (Å²) in [7, 11) is 2.19. The summed E-state index contributed by atoms with van der Waals surface area (Å²) in [4.78, 5) is 18.8. The monoisotopic (exact) mass is 392 g/mol. The van der Waals surface area contributed by atoms with E-state index < -0.39 is 0 Å². The molecule has 2 aromatic carbocycles. The second kappa shape index (κ2) is 8.58. The van der Waals surface area contributed by atoms with Crippen LogP contribution in [0, 0.1) is 13.8 Å². The zero-order chi connectivity index (χ0) is 20.4. The van der Waals surface area contributed by atoms with Crippen molar-refractivity contribution in [3.8, 4) is 0 Å². The van der Waals surface area contributed by atoms with Crippen LogP contribution in [0.25, 0.3) is 0 Å². The zero-order valence-electron chi connectivity index (χ0n) is 18.1. The van der Waals surface area contributed by atoms with Crippen LogP contribution in [0.3, 0.4) is 0 Å². The smallest absolute Gasteiger partial charge is 0.277 e. The number of nitrogens with zero attached hydrogens (tertiary/aromatic N) is 2. The molecule has 4 rings (SSSR count). The van der Waals surface area contributed by atoms with Gasteiger partial charge in [-0.15, -0.1) is 0 Å². The van der Waals surface area contributed by atoms with E-state index >= 15 is 0 Å². The number of carbonyl (C=O) groups excluding carboxylic acids is 1. The summed E-state index contributed by atoms with van der Waals surface area (Å²) in [5, 5.41) is 0. The van der Waals surface area contributed by atoms with Crippen LogP contribution in [-0.4, -0.2) is 50.6 Å². The fraction of sp³-hybridized carbons (Fsp3) is 0.480. The molecule has 29 heavy (non-hydrogen) atoms. The number of fused-ring (bicyclic) bond motifs is 1. The van der Waals surface area contributed by atoms with E-state index in [9.17, 15) is 4.79 Å². The Hall–Kier alpha value is -2.33. The van der Waals surface area contributed by atoms with Crippen LogP contribution in [0.2, 0.25) is 0 Å². The molecule has 1 N–H and O–H groups in total. The number of benzene rings is 2. The van der Waals surface area contributed by atoms with E-state index in [0.29, 0.717) is 18.5 Å². The molecular formula is C25H34N3O+. The number of piperazine rings is 1. The van der Waals surface area contributed by atoms with Crippen molar-refractivity contribution < 1.29 is 9.69 Å². The Kier molecular flexibility index (Phi) is 5.91. The van der Waals surface area contributed by atoms with Crippen LogP contribution in [-0.2, 0) is 11.2 Å². The highest BCUT2D eigenvalue weighted by atomic mass is 16.2. The third-order valence-electron chi connectivity index (χ3n) is 6.94. The Morgan fingerprint density at radius 1 is 1.03 bits per heavy atom. The van der Waals surface area contributed by atoms with Crippen molar-refractivity contribution in [2.75, 3.05) is 44.7 Å². The summed E-state index contributed by atoms with van der Waals surface area (Å²) in [6, 6.07) is 15.7. The van der Waals surface area contributed by atoms with Crippen molar-refractivity contribution in [2.24, 2.45) is 0 Å². The highest BCUT2D eigenvalue weighted by Gasteiger charge is 2.30. The molecular weight excluding hydrogens is 358 g/mol. The van der Waals surface area contributed by atoms with Gasteiger partial charge >= 0.3 is 0 Å². The summed E-state index contributed by atoms with van der Waals surface area (Å²) in [6.07, 6.45) is 3.58. The number of amides is 1. The van der Waals surface area contributed by atoms with Crippen LogP contribution >= 0.6 is 0 Å². The highest BCUT2D eigenvalue weighted by molar-refractivity contribution is 5.77. The minimum atomic E-state index is 0.297. The van der Waals surface area contributed by atoms with Gasteiger partial charge in [0.25, 0.3) is 5.91 Å². The zero-order valence-corrected chi connectivity index (χ0v) is 18.1. The Morgan fingerprint density at radius 3 is 2.59 bits per heavy atom. The number of rotatable bonds is 4. The maximum Gasteiger partial charge on any atom is 0.277 e. The number of nitrogens with one attached hydrogen (secondary N) is 1. The van der Waals surface area contributed by atoms with Gasteiger partial charge in [-0.2, -0.15) is 0 Å². The molecule has 1 unspecified atom stereocenters. The lowest BCUT2D eigenvalue weighted by molar-refractivity contribution is -0.905. The number of hydrogen-bond donors (Lipinski definition) is 1. The van der Waals surface area contributed by atoms with Crippen molar-refractivity contribution in [1.29, 1.82) is 0 Å². The van der Waals surface area contributed by atoms with Gasteiger partial charge in [0.15, 0.2) is 6.54 Å². The topological polar surface area (TPSA) is 28.0 Å². The second-order valence-corrected chi connectivity index (χ2v) is 8.75. The quantitative estimate of drug-likeness (QED) is 0.866. The minimum Gasteiger partial charge on any atom is -0.368 e. The molecule has 1 saturated heterocycles. The lowest BCUT2D eigenvalue weighted by atomic mass is 9.87. The molecule has 0 saturated carbocycles. The van der Waals surface area contributed by atoms with Gasteiger partial charge in [-0.3, -0.25) is 4.79 Å². The van der Waals surface area contributed by atoms with Gasteiger partial charge < -0.3 is 14.7 Å². The lowest BCUT2D eigenvalue weighted by Gasteiger charge is -2.38. The van der Waals surface area contributed by atoms with Gasteiger partial charge in [0.05, 0.1) is 7.05 Å². The predicted molar refractivity (Wildman–Crippen MR) is 119 cm³/mol. The SMILES string of the molecule is Cc1cccc(N2CCN(C(=O)C[NH+](C)[C@@H]3CCCc4ccccc43)CC2)c1C. The van der Waals surface area contributed by atoms with Crippen molar-refractivity contribution in [3.05, 3.63) is 64.7 Å². The second-order valence-electron chi connectivity index (χ2n) is 8.75. The Morgan fingerprint density at radius 2 is 1.79 bits per heavy atom. The van der Waals surface area contributed by atoms with Crippen molar-refractivity contribution >= 4 is 11.6 Å². The Labute approximate surface area is 175 Å². The normalized spacial score (nSPS) is 20.3. The van der Waals surface area contributed by atoms with E-state index in [1.807, 2.05) is 0 Å². The highest BCUT2D eigenvalue weighted by Crippen LogP contribution is 2.27. The van der Waals surface area contributed by atoms with Crippen molar-refractivity contribution in [3.63, 3.8) is 0 Å². The minimum absolute atomic E-state index is 0.297. The average molecular weight is 393 g/mol. The standard InChI is InChI=1S/C25H33N3O/c1-19-8-6-12-23(20(19)2)27-14-16-28(17-15-27)25(29)18-26(3)24-13-7-10-21-9-4-5-11-22(21)24/h4-6,8-9,11-12,24H,7,10,13-18H2,1-3H3/p+1/t24-/m1/s1. The number of aryl methyl sites for hydroxylation is 2. The third kappa shape index (κ3) is 4.18. The van der Waals surface area contributed by atoms with Crippen LogP contribution in [0.1, 0.15) is 41.1 Å². The molecule has 1 aliphatic heterocycles. The molecule has 0 radical (unpaired) electrons. The molecule has 0 bridgehead atoms. The van der Waals surface area contributed by atoms with Gasteiger partial charge in [-0.1, -0.05) is 36.4 Å². The lowest BCUT2D eigenvalue weighted by Crippen LogP contribution is -3.10. The maximum absolute atomic E-state index is 13.0. The molecule has 2 aliphatic rings. The first-order valence-corrected chi connectivity index (χ1v) is 11.0. The van der Waals surface area contributed by atoms with Crippen molar-refractivity contribution in [2.45, 2.75) is 39.2 Å². The summed E-state index contributed by atoms with van der Waals surface area (Å²) in [6.45, 7) is 8.43. The Balaban J connectivity index is 1.35. The van der Waals surface area contributed by atoms with E-state index in [1.54, 1.807) is 0 Å².